The van der Waals surface area contributed by atoms with Crippen molar-refractivity contribution in [1.82, 2.24) is 15.3 Å². The number of hydrogen-bond acceptors (Lipinski definition) is 7. The van der Waals surface area contributed by atoms with Crippen LogP contribution in [0.15, 0.2) is 53.4 Å². The summed E-state index contributed by atoms with van der Waals surface area (Å²) in [5.41, 5.74) is 4.49. The van der Waals surface area contributed by atoms with E-state index in [1.807, 2.05) is 52.0 Å². The molecule has 2 N–H and O–H groups in total. The fraction of sp³-hybridized carbons (Fsp3) is 0.500. The third-order valence-electron chi connectivity index (χ3n) is 8.39. The molecule has 236 valence electrons. The molecule has 1 saturated carbocycles. The molecule has 1 amide bonds. The maximum Gasteiger partial charge on any atom is 0.407 e. The maximum atomic E-state index is 13.7. The number of rotatable bonds is 5. The molecule has 0 radical (unpaired) electrons. The standard InChI is InChI=1S/C34H44N4O5S/c1-20(2)43-33(39)35-26-14-24(15-26)31-23-12-9-13-27(16-23)44(40,41)38-32-36-28(30-21(3)10-8-11-22(30)4)17-29(37-32)42-19-25(31)18-34(5,6)7/h8-13,16-17,20,24-26,31H,14-15,18-19H2,1-7H3,(H,35,39)(H,36,37,38)/t24?,25-,26?,31?/m1/s1. The van der Waals surface area contributed by atoms with Crippen LogP contribution >= 0.6 is 0 Å². The molecule has 1 fully saturated rings. The number of amides is 1. The summed E-state index contributed by atoms with van der Waals surface area (Å²) in [6, 6.07) is 15.0. The average Bonchev–Trinajstić information content (AvgIpc) is 2.88. The van der Waals surface area contributed by atoms with Gasteiger partial charge in [0.25, 0.3) is 10.0 Å². The molecule has 1 aliphatic carbocycles. The summed E-state index contributed by atoms with van der Waals surface area (Å²) in [5.74, 6) is 0.562. The highest BCUT2D eigenvalue weighted by Gasteiger charge is 2.42. The second-order valence-electron chi connectivity index (χ2n) is 13.7. The van der Waals surface area contributed by atoms with Crippen molar-refractivity contribution in [2.45, 2.75) is 90.7 Å². The number of hydrogen-bond donors (Lipinski definition) is 2. The minimum Gasteiger partial charge on any atom is -0.477 e. The highest BCUT2D eigenvalue weighted by Crippen LogP contribution is 2.47. The van der Waals surface area contributed by atoms with Crippen LogP contribution in [0.25, 0.3) is 11.3 Å². The van der Waals surface area contributed by atoms with Gasteiger partial charge in [0.15, 0.2) is 0 Å². The highest BCUT2D eigenvalue weighted by atomic mass is 32.2. The smallest absolute Gasteiger partial charge is 0.407 e. The summed E-state index contributed by atoms with van der Waals surface area (Å²) in [5, 5.41) is 2.99. The van der Waals surface area contributed by atoms with Crippen LogP contribution in [0.5, 0.6) is 5.88 Å². The molecular weight excluding hydrogens is 576 g/mol. The Morgan fingerprint density at radius 2 is 1.75 bits per heavy atom. The SMILES string of the molecule is Cc1cccc(C)c1-c1cc2nc(n1)NS(=O)(=O)c1cccc(c1)C(C1CC(NC(=O)OC(C)C)C1)[C@H](CC(C)(C)C)CO2. The first-order valence-corrected chi connectivity index (χ1v) is 16.9. The van der Waals surface area contributed by atoms with Crippen LogP contribution in [0.2, 0.25) is 0 Å². The summed E-state index contributed by atoms with van der Waals surface area (Å²) in [7, 11) is -4.00. The predicted octanol–water partition coefficient (Wildman–Crippen LogP) is 7.00. The number of alkyl carbamates (subject to hydrolysis) is 1. The molecule has 1 unspecified atom stereocenters. The van der Waals surface area contributed by atoms with Crippen LogP contribution < -0.4 is 14.8 Å². The van der Waals surface area contributed by atoms with Gasteiger partial charge in [0, 0.05) is 23.6 Å². The molecule has 44 heavy (non-hydrogen) atoms. The van der Waals surface area contributed by atoms with Crippen LogP contribution in [0, 0.1) is 31.1 Å². The molecule has 4 bridgehead atoms. The summed E-state index contributed by atoms with van der Waals surface area (Å²) in [6.07, 6.45) is 1.78. The van der Waals surface area contributed by atoms with E-state index in [9.17, 15) is 13.2 Å². The van der Waals surface area contributed by atoms with Gasteiger partial charge < -0.3 is 14.8 Å². The molecule has 0 spiro atoms. The largest absolute Gasteiger partial charge is 0.477 e. The van der Waals surface area contributed by atoms with Gasteiger partial charge in [0.1, 0.15) is 0 Å². The lowest BCUT2D eigenvalue weighted by Crippen LogP contribution is -2.48. The minimum absolute atomic E-state index is 0.00162. The maximum absolute atomic E-state index is 13.7. The fourth-order valence-electron chi connectivity index (χ4n) is 6.64. The molecule has 0 saturated heterocycles. The van der Waals surface area contributed by atoms with Crippen LogP contribution in [0.1, 0.15) is 76.5 Å². The molecule has 1 aromatic heterocycles. The number of anilines is 1. The van der Waals surface area contributed by atoms with Crippen LogP contribution in [-0.2, 0) is 14.8 Å². The second kappa shape index (κ2) is 12.4. The van der Waals surface area contributed by atoms with Crippen molar-refractivity contribution in [2.24, 2.45) is 17.3 Å². The monoisotopic (exact) mass is 620 g/mol. The lowest BCUT2D eigenvalue weighted by Gasteiger charge is -2.45. The molecule has 5 rings (SSSR count). The van der Waals surface area contributed by atoms with Gasteiger partial charge >= 0.3 is 6.09 Å². The molecule has 9 nitrogen and oxygen atoms in total. The Morgan fingerprint density at radius 3 is 2.41 bits per heavy atom. The molecule has 3 aromatic rings. The molecule has 1 aliphatic heterocycles. The first-order chi connectivity index (χ1) is 20.7. The molecule has 10 heteroatoms. The van der Waals surface area contributed by atoms with Crippen molar-refractivity contribution >= 4 is 22.1 Å². The Hall–Kier alpha value is -3.66. The third kappa shape index (κ3) is 7.34. The molecule has 2 aromatic carbocycles. The minimum atomic E-state index is -4.00. The Kier molecular flexibility index (Phi) is 8.94. The van der Waals surface area contributed by atoms with E-state index in [0.717, 1.165) is 41.5 Å². The normalized spacial score (nSPS) is 22.8. The van der Waals surface area contributed by atoms with E-state index >= 15 is 0 Å². The number of carbonyl (C=O) groups is 1. The number of fused-ring (bicyclic) bond motifs is 4. The number of nitrogens with one attached hydrogen (secondary N) is 2. The Bertz CT molecular complexity index is 1610. The summed E-state index contributed by atoms with van der Waals surface area (Å²) < 4.78 is 41.8. The van der Waals surface area contributed by atoms with E-state index in [1.54, 1.807) is 24.3 Å². The van der Waals surface area contributed by atoms with Crippen molar-refractivity contribution < 1.29 is 22.7 Å². The number of carbonyl (C=O) groups excluding carboxylic acids is 1. The van der Waals surface area contributed by atoms with E-state index in [1.165, 1.54) is 0 Å². The van der Waals surface area contributed by atoms with Crippen molar-refractivity contribution in [3.05, 3.63) is 65.2 Å². The first-order valence-electron chi connectivity index (χ1n) is 15.4. The van der Waals surface area contributed by atoms with E-state index < -0.39 is 16.1 Å². The first kappa shape index (κ1) is 31.8. The number of aryl methyl sites for hydroxylation is 2. The predicted molar refractivity (Wildman–Crippen MR) is 171 cm³/mol. The lowest BCUT2D eigenvalue weighted by atomic mass is 9.63. The average molecular weight is 621 g/mol. The highest BCUT2D eigenvalue weighted by molar-refractivity contribution is 7.92. The zero-order valence-electron chi connectivity index (χ0n) is 26.7. The van der Waals surface area contributed by atoms with Gasteiger partial charge in [-0.25, -0.2) is 22.9 Å². The van der Waals surface area contributed by atoms with E-state index in [0.29, 0.717) is 18.2 Å². The van der Waals surface area contributed by atoms with Gasteiger partial charge in [0.2, 0.25) is 11.8 Å². The van der Waals surface area contributed by atoms with E-state index in [4.69, 9.17) is 9.47 Å². The fourth-order valence-corrected chi connectivity index (χ4v) is 7.64. The zero-order valence-corrected chi connectivity index (χ0v) is 27.5. The summed E-state index contributed by atoms with van der Waals surface area (Å²) in [4.78, 5) is 21.6. The topological polar surface area (TPSA) is 120 Å². The quantitative estimate of drug-likeness (QED) is 0.315. The molecule has 2 heterocycles. The number of sulfonamides is 1. The van der Waals surface area contributed by atoms with Gasteiger partial charge in [-0.1, -0.05) is 51.1 Å². The van der Waals surface area contributed by atoms with Gasteiger partial charge in [-0.05, 0) is 93.0 Å². The van der Waals surface area contributed by atoms with Crippen molar-refractivity contribution in [1.29, 1.82) is 0 Å². The van der Waals surface area contributed by atoms with Crippen molar-refractivity contribution in [3.8, 4) is 17.1 Å². The van der Waals surface area contributed by atoms with Crippen LogP contribution in [0.3, 0.4) is 0 Å². The molecular formula is C34H44N4O5S. The van der Waals surface area contributed by atoms with Crippen LogP contribution in [-0.4, -0.2) is 43.2 Å². The molecule has 2 aliphatic rings. The lowest BCUT2D eigenvalue weighted by molar-refractivity contribution is 0.0793. The number of nitrogens with zero attached hydrogens (tertiary/aromatic N) is 2. The van der Waals surface area contributed by atoms with Crippen molar-refractivity contribution in [2.75, 3.05) is 11.3 Å². The number of benzene rings is 2. The van der Waals surface area contributed by atoms with E-state index in [-0.39, 0.29) is 46.2 Å². The third-order valence-corrected chi connectivity index (χ3v) is 9.72. The van der Waals surface area contributed by atoms with Crippen molar-refractivity contribution in [3.63, 3.8) is 0 Å². The Morgan fingerprint density at radius 1 is 1.07 bits per heavy atom. The Labute approximate surface area is 261 Å². The second-order valence-corrected chi connectivity index (χ2v) is 15.4. The summed E-state index contributed by atoms with van der Waals surface area (Å²) in [6.45, 7) is 14.7. The number of aromatic nitrogens is 2. The van der Waals surface area contributed by atoms with E-state index in [2.05, 4.69) is 40.8 Å². The number of ether oxygens (including phenoxy) is 2. The van der Waals surface area contributed by atoms with Crippen LogP contribution in [0.4, 0.5) is 10.7 Å². The van der Waals surface area contributed by atoms with Gasteiger partial charge in [0.05, 0.1) is 23.3 Å². The van der Waals surface area contributed by atoms with Gasteiger partial charge in [-0.15, -0.1) is 0 Å². The summed E-state index contributed by atoms with van der Waals surface area (Å²) >= 11 is 0. The zero-order chi connectivity index (χ0) is 31.8. The van der Waals surface area contributed by atoms with Gasteiger partial charge in [-0.2, -0.15) is 4.98 Å². The van der Waals surface area contributed by atoms with Gasteiger partial charge in [-0.3, -0.25) is 0 Å². The molecule has 2 atom stereocenters. The Balaban J connectivity index is 1.55.